The average molecular weight is 330 g/mol. The van der Waals surface area contributed by atoms with Gasteiger partial charge in [0.1, 0.15) is 5.52 Å². The summed E-state index contributed by atoms with van der Waals surface area (Å²) < 4.78 is 1.87. The second-order valence-corrected chi connectivity index (χ2v) is 7.59. The molecule has 7 nitrogen and oxygen atoms in total. The molecule has 2 aromatic heterocycles. The fourth-order valence-corrected chi connectivity index (χ4v) is 3.05. The Balaban J connectivity index is 1.77. The lowest BCUT2D eigenvalue weighted by molar-refractivity contribution is -0.128. The molecule has 24 heavy (non-hydrogen) atoms. The van der Waals surface area contributed by atoms with Crippen LogP contribution in [0, 0.1) is 5.41 Å². The summed E-state index contributed by atoms with van der Waals surface area (Å²) in [6, 6.07) is 0. The monoisotopic (exact) mass is 330 g/mol. The zero-order chi connectivity index (χ0) is 17.3. The second-order valence-electron chi connectivity index (χ2n) is 7.59. The van der Waals surface area contributed by atoms with Crippen molar-refractivity contribution in [2.24, 2.45) is 5.41 Å². The van der Waals surface area contributed by atoms with Crippen LogP contribution in [-0.4, -0.2) is 57.2 Å². The topological polar surface area (TPSA) is 75.9 Å². The lowest BCUT2D eigenvalue weighted by atomic mass is 9.96. The maximum Gasteiger partial charge on any atom is 0.225 e. The number of hydrogen-bond acceptors (Lipinski definition) is 5. The number of hydrogen-bond donors (Lipinski definition) is 1. The van der Waals surface area contributed by atoms with Gasteiger partial charge in [-0.3, -0.25) is 4.79 Å². The number of fused-ring (bicyclic) bond motifs is 1. The number of nitrogens with one attached hydrogen (secondary N) is 1. The van der Waals surface area contributed by atoms with E-state index in [0.29, 0.717) is 19.0 Å². The van der Waals surface area contributed by atoms with Crippen LogP contribution in [0.2, 0.25) is 0 Å². The van der Waals surface area contributed by atoms with Crippen molar-refractivity contribution >= 4 is 17.1 Å². The van der Waals surface area contributed by atoms with E-state index < -0.39 is 0 Å². The molecule has 1 saturated heterocycles. The molecule has 1 aliphatic rings. The van der Waals surface area contributed by atoms with Crippen LogP contribution >= 0.6 is 0 Å². The minimum Gasteiger partial charge on any atom is -0.354 e. The first-order valence-corrected chi connectivity index (χ1v) is 8.50. The van der Waals surface area contributed by atoms with Crippen LogP contribution in [0.25, 0.3) is 11.2 Å². The third-order valence-corrected chi connectivity index (χ3v) is 4.46. The lowest BCUT2D eigenvalue weighted by Gasteiger charge is -2.17. The van der Waals surface area contributed by atoms with Gasteiger partial charge in [-0.25, -0.2) is 14.6 Å². The molecule has 1 fully saturated rings. The Hall–Kier alpha value is -2.02. The molecule has 0 spiro atoms. The van der Waals surface area contributed by atoms with E-state index in [0.717, 1.165) is 36.4 Å². The predicted molar refractivity (Wildman–Crippen MR) is 92.6 cm³/mol. The molecule has 1 N–H and O–H groups in total. The van der Waals surface area contributed by atoms with E-state index in [1.165, 1.54) is 0 Å². The highest BCUT2D eigenvalue weighted by molar-refractivity contribution is 5.81. The van der Waals surface area contributed by atoms with Crippen LogP contribution < -0.4 is 5.32 Å². The maximum absolute atomic E-state index is 12.0. The number of rotatable bonds is 4. The zero-order valence-corrected chi connectivity index (χ0v) is 14.9. The molecule has 3 rings (SSSR count). The van der Waals surface area contributed by atoms with Crippen molar-refractivity contribution in [3.05, 3.63) is 18.1 Å². The molecule has 0 radical (unpaired) electrons. The van der Waals surface area contributed by atoms with E-state index in [9.17, 15) is 4.79 Å². The van der Waals surface area contributed by atoms with Gasteiger partial charge in [-0.05, 0) is 20.0 Å². The largest absolute Gasteiger partial charge is 0.354 e. The van der Waals surface area contributed by atoms with Crippen LogP contribution in [0.1, 0.15) is 38.8 Å². The van der Waals surface area contributed by atoms with Gasteiger partial charge in [-0.2, -0.15) is 5.10 Å². The Kier molecular flexibility index (Phi) is 4.54. The van der Waals surface area contributed by atoms with Crippen LogP contribution in [0.5, 0.6) is 0 Å². The van der Waals surface area contributed by atoms with Crippen molar-refractivity contribution in [3.63, 3.8) is 0 Å². The van der Waals surface area contributed by atoms with Gasteiger partial charge in [-0.1, -0.05) is 20.8 Å². The molecule has 0 aromatic carbocycles. The van der Waals surface area contributed by atoms with Gasteiger partial charge >= 0.3 is 0 Å². The molecule has 1 aliphatic heterocycles. The number of aromatic nitrogens is 4. The van der Waals surface area contributed by atoms with Gasteiger partial charge in [0.05, 0.1) is 12.2 Å². The first-order valence-electron chi connectivity index (χ1n) is 8.50. The molecule has 7 heteroatoms. The highest BCUT2D eigenvalue weighted by Crippen LogP contribution is 2.29. The molecular weight excluding hydrogens is 304 g/mol. The third-order valence-electron chi connectivity index (χ3n) is 4.46. The smallest absolute Gasteiger partial charge is 0.225 e. The summed E-state index contributed by atoms with van der Waals surface area (Å²) in [6.07, 6.45) is 4.51. The lowest BCUT2D eigenvalue weighted by Crippen LogP contribution is -2.36. The molecule has 1 amide bonds. The molecule has 1 atom stereocenters. The number of likely N-dealkylation sites (tertiary alicyclic amines) is 1. The van der Waals surface area contributed by atoms with Crippen molar-refractivity contribution in [1.29, 1.82) is 0 Å². The van der Waals surface area contributed by atoms with E-state index in [4.69, 9.17) is 5.10 Å². The van der Waals surface area contributed by atoms with Gasteiger partial charge in [0.25, 0.3) is 0 Å². The van der Waals surface area contributed by atoms with Gasteiger partial charge < -0.3 is 10.2 Å². The van der Waals surface area contributed by atoms with E-state index in [-0.39, 0.29) is 11.3 Å². The van der Waals surface area contributed by atoms with Gasteiger partial charge in [0, 0.05) is 36.8 Å². The first-order chi connectivity index (χ1) is 11.4. The standard InChI is InChI=1S/C17H26N6O/c1-17(2,3)16(24)20-8-10-23-15-14(18-6-7-19-15)13(21-23)12-5-9-22(4)11-12/h6-7,12H,5,8-11H2,1-4H3,(H,20,24). The van der Waals surface area contributed by atoms with Crippen LogP contribution in [0.15, 0.2) is 12.4 Å². The Labute approximate surface area is 142 Å². The number of amides is 1. The normalized spacial score (nSPS) is 19.1. The molecule has 0 saturated carbocycles. The highest BCUT2D eigenvalue weighted by atomic mass is 16.2. The zero-order valence-electron chi connectivity index (χ0n) is 14.9. The maximum atomic E-state index is 12.0. The number of carbonyl (C=O) groups is 1. The molecule has 1 unspecified atom stereocenters. The molecule has 130 valence electrons. The van der Waals surface area contributed by atoms with Crippen molar-refractivity contribution < 1.29 is 4.79 Å². The van der Waals surface area contributed by atoms with Crippen molar-refractivity contribution in [1.82, 2.24) is 30.0 Å². The summed E-state index contributed by atoms with van der Waals surface area (Å²) in [5, 5.41) is 7.74. The number of nitrogens with zero attached hydrogens (tertiary/aromatic N) is 5. The Morgan fingerprint density at radius 3 is 2.75 bits per heavy atom. The molecule has 2 aromatic rings. The van der Waals surface area contributed by atoms with Crippen molar-refractivity contribution in [2.75, 3.05) is 26.7 Å². The van der Waals surface area contributed by atoms with Gasteiger partial charge in [0.2, 0.25) is 5.91 Å². The summed E-state index contributed by atoms with van der Waals surface area (Å²) in [5.74, 6) is 0.447. The second kappa shape index (κ2) is 6.47. The SMILES string of the molecule is CN1CCC(c2nn(CCNC(=O)C(C)(C)C)c3nccnc23)C1. The summed E-state index contributed by atoms with van der Waals surface area (Å²) in [7, 11) is 2.13. The minimum absolute atomic E-state index is 0.0442. The average Bonchev–Trinajstić information content (AvgIpc) is 3.10. The van der Waals surface area contributed by atoms with Crippen LogP contribution in [0.3, 0.4) is 0 Å². The molecule has 0 aliphatic carbocycles. The summed E-state index contributed by atoms with van der Waals surface area (Å²) >= 11 is 0. The fraction of sp³-hybridized carbons (Fsp3) is 0.647. The molecule has 0 bridgehead atoms. The van der Waals surface area contributed by atoms with E-state index in [2.05, 4.69) is 27.2 Å². The minimum atomic E-state index is -0.383. The summed E-state index contributed by atoms with van der Waals surface area (Å²) in [5.41, 5.74) is 2.34. The van der Waals surface area contributed by atoms with Crippen LogP contribution in [-0.2, 0) is 11.3 Å². The first kappa shape index (κ1) is 16.8. The molecule has 3 heterocycles. The third kappa shape index (κ3) is 3.40. The van der Waals surface area contributed by atoms with Gasteiger partial charge in [0.15, 0.2) is 5.65 Å². The number of carbonyl (C=O) groups excluding carboxylic acids is 1. The Morgan fingerprint density at radius 2 is 2.08 bits per heavy atom. The predicted octanol–water partition coefficient (Wildman–Crippen LogP) is 1.41. The van der Waals surface area contributed by atoms with Crippen molar-refractivity contribution in [2.45, 2.75) is 39.7 Å². The highest BCUT2D eigenvalue weighted by Gasteiger charge is 2.27. The Bertz CT molecular complexity index is 732. The fourth-order valence-electron chi connectivity index (χ4n) is 3.05. The van der Waals surface area contributed by atoms with E-state index >= 15 is 0 Å². The van der Waals surface area contributed by atoms with Gasteiger partial charge in [-0.15, -0.1) is 0 Å². The number of likely N-dealkylation sites (N-methyl/N-ethyl adjacent to an activating group) is 1. The summed E-state index contributed by atoms with van der Waals surface area (Å²) in [4.78, 5) is 23.3. The molecular formula is C17H26N6O. The Morgan fingerprint density at radius 1 is 1.33 bits per heavy atom. The van der Waals surface area contributed by atoms with Crippen LogP contribution in [0.4, 0.5) is 0 Å². The van der Waals surface area contributed by atoms with E-state index in [1.807, 2.05) is 25.5 Å². The quantitative estimate of drug-likeness (QED) is 0.917. The van der Waals surface area contributed by atoms with E-state index in [1.54, 1.807) is 12.4 Å². The summed E-state index contributed by atoms with van der Waals surface area (Å²) in [6.45, 7) is 8.95. The van der Waals surface area contributed by atoms with Crippen molar-refractivity contribution in [3.8, 4) is 0 Å².